The molecule has 5 nitrogen and oxygen atoms in total. The monoisotopic (exact) mass is 353 g/mol. The summed E-state index contributed by atoms with van der Waals surface area (Å²) in [7, 11) is 0. The number of hydrogen-bond donors (Lipinski definition) is 3. The molecule has 0 spiro atoms. The van der Waals surface area contributed by atoms with Gasteiger partial charge in [0, 0.05) is 12.1 Å². The number of carbonyl (C=O) groups is 2. The summed E-state index contributed by atoms with van der Waals surface area (Å²) in [5, 5.41) is 3.01. The standard InChI is InChI=1S/C21H27N3O2/c1-16-9-12-19(13-10-16)22-15-21(26)24-23-20(25)14-17(2)8-11-18-6-4-3-5-7-18/h3-7,9-10,12-13,17,22H,8,11,14-15H2,1-2H3,(H,23,25)(H,24,26). The van der Waals surface area contributed by atoms with Crippen molar-refractivity contribution in [1.82, 2.24) is 10.9 Å². The lowest BCUT2D eigenvalue weighted by molar-refractivity contribution is -0.128. The highest BCUT2D eigenvalue weighted by molar-refractivity contribution is 5.84. The lowest BCUT2D eigenvalue weighted by Gasteiger charge is -2.13. The number of rotatable bonds is 8. The minimum atomic E-state index is -0.282. The van der Waals surface area contributed by atoms with Gasteiger partial charge in [0.25, 0.3) is 5.91 Å². The second-order valence-electron chi connectivity index (χ2n) is 6.65. The average Bonchev–Trinajstić information content (AvgIpc) is 2.65. The zero-order chi connectivity index (χ0) is 18.8. The Labute approximate surface area is 155 Å². The van der Waals surface area contributed by atoms with E-state index in [4.69, 9.17) is 0 Å². The first-order valence-electron chi connectivity index (χ1n) is 8.95. The van der Waals surface area contributed by atoms with Crippen molar-refractivity contribution in [2.24, 2.45) is 5.92 Å². The molecule has 0 saturated heterocycles. The number of benzene rings is 2. The molecular weight excluding hydrogens is 326 g/mol. The molecule has 2 aromatic rings. The van der Waals surface area contributed by atoms with E-state index in [1.54, 1.807) is 0 Å². The van der Waals surface area contributed by atoms with Gasteiger partial charge >= 0.3 is 0 Å². The molecule has 0 aliphatic heterocycles. The highest BCUT2D eigenvalue weighted by Gasteiger charge is 2.10. The Morgan fingerprint density at radius 2 is 1.58 bits per heavy atom. The summed E-state index contributed by atoms with van der Waals surface area (Å²) >= 11 is 0. The topological polar surface area (TPSA) is 70.2 Å². The maximum atomic E-state index is 11.9. The van der Waals surface area contributed by atoms with Crippen LogP contribution in [0.3, 0.4) is 0 Å². The number of hydrogen-bond acceptors (Lipinski definition) is 3. The summed E-state index contributed by atoms with van der Waals surface area (Å²) in [5.74, 6) is -0.206. The molecular formula is C21H27N3O2. The van der Waals surface area contributed by atoms with Crippen LogP contribution >= 0.6 is 0 Å². The molecule has 0 bridgehead atoms. The van der Waals surface area contributed by atoms with E-state index in [9.17, 15) is 9.59 Å². The SMILES string of the molecule is Cc1ccc(NCC(=O)NNC(=O)CC(C)CCc2ccccc2)cc1. The number of amides is 2. The molecule has 0 radical (unpaired) electrons. The quantitative estimate of drug-likeness (QED) is 0.638. The molecule has 5 heteroatoms. The fourth-order valence-corrected chi connectivity index (χ4v) is 2.56. The van der Waals surface area contributed by atoms with E-state index in [1.165, 1.54) is 5.56 Å². The predicted octanol–water partition coefficient (Wildman–Crippen LogP) is 3.21. The first-order chi connectivity index (χ1) is 12.5. The van der Waals surface area contributed by atoms with Crippen molar-refractivity contribution in [2.75, 3.05) is 11.9 Å². The molecule has 0 aliphatic carbocycles. The summed E-state index contributed by atoms with van der Waals surface area (Å²) in [6.07, 6.45) is 2.26. The van der Waals surface area contributed by atoms with Gasteiger partial charge in [-0.3, -0.25) is 20.4 Å². The van der Waals surface area contributed by atoms with Gasteiger partial charge in [-0.2, -0.15) is 0 Å². The molecule has 0 aromatic heterocycles. The van der Waals surface area contributed by atoms with Crippen molar-refractivity contribution in [3.63, 3.8) is 0 Å². The Kier molecular flexibility index (Phi) is 7.68. The number of aryl methyl sites for hydroxylation is 2. The van der Waals surface area contributed by atoms with Crippen LogP contribution in [-0.4, -0.2) is 18.4 Å². The van der Waals surface area contributed by atoms with Gasteiger partial charge in [0.15, 0.2) is 0 Å². The van der Waals surface area contributed by atoms with Crippen molar-refractivity contribution in [3.8, 4) is 0 Å². The van der Waals surface area contributed by atoms with Gasteiger partial charge in [0.1, 0.15) is 0 Å². The van der Waals surface area contributed by atoms with Crippen LogP contribution in [0.1, 0.15) is 30.9 Å². The number of hydrazine groups is 1. The highest BCUT2D eigenvalue weighted by Crippen LogP contribution is 2.12. The fourth-order valence-electron chi connectivity index (χ4n) is 2.56. The third kappa shape index (κ3) is 7.38. The van der Waals surface area contributed by atoms with Crippen molar-refractivity contribution >= 4 is 17.5 Å². The second-order valence-corrected chi connectivity index (χ2v) is 6.65. The summed E-state index contributed by atoms with van der Waals surface area (Å²) in [4.78, 5) is 23.7. The molecule has 0 aliphatic rings. The molecule has 1 unspecified atom stereocenters. The maximum Gasteiger partial charge on any atom is 0.257 e. The lowest BCUT2D eigenvalue weighted by atomic mass is 9.98. The molecule has 2 amide bonds. The van der Waals surface area contributed by atoms with Crippen molar-refractivity contribution in [1.29, 1.82) is 0 Å². The van der Waals surface area contributed by atoms with Gasteiger partial charge < -0.3 is 5.32 Å². The van der Waals surface area contributed by atoms with Crippen LogP contribution in [0.4, 0.5) is 5.69 Å². The second kappa shape index (κ2) is 10.2. The molecule has 2 rings (SSSR count). The Bertz CT molecular complexity index is 699. The van der Waals surface area contributed by atoms with Crippen molar-refractivity contribution < 1.29 is 9.59 Å². The van der Waals surface area contributed by atoms with E-state index in [1.807, 2.05) is 56.3 Å². The summed E-state index contributed by atoms with van der Waals surface area (Å²) in [6.45, 7) is 4.16. The third-order valence-electron chi connectivity index (χ3n) is 4.15. The first-order valence-corrected chi connectivity index (χ1v) is 8.95. The van der Waals surface area contributed by atoms with E-state index in [2.05, 4.69) is 28.3 Å². The van der Waals surface area contributed by atoms with Gasteiger partial charge in [-0.1, -0.05) is 55.0 Å². The van der Waals surface area contributed by atoms with Gasteiger partial charge in [0.05, 0.1) is 6.54 Å². The van der Waals surface area contributed by atoms with Crippen LogP contribution in [0.25, 0.3) is 0 Å². The lowest BCUT2D eigenvalue weighted by Crippen LogP contribution is -2.44. The maximum absolute atomic E-state index is 11.9. The largest absolute Gasteiger partial charge is 0.376 e. The third-order valence-corrected chi connectivity index (χ3v) is 4.15. The Morgan fingerprint density at radius 3 is 2.27 bits per heavy atom. The fraction of sp³-hybridized carbons (Fsp3) is 0.333. The van der Waals surface area contributed by atoms with Crippen LogP contribution in [0.15, 0.2) is 54.6 Å². The Morgan fingerprint density at radius 1 is 0.923 bits per heavy atom. The van der Waals surface area contributed by atoms with Crippen LogP contribution < -0.4 is 16.2 Å². The number of anilines is 1. The highest BCUT2D eigenvalue weighted by atomic mass is 16.2. The molecule has 3 N–H and O–H groups in total. The molecule has 0 heterocycles. The van der Waals surface area contributed by atoms with Crippen LogP contribution in [0.5, 0.6) is 0 Å². The van der Waals surface area contributed by atoms with E-state index in [0.717, 1.165) is 24.1 Å². The summed E-state index contributed by atoms with van der Waals surface area (Å²) in [5.41, 5.74) is 8.22. The smallest absolute Gasteiger partial charge is 0.257 e. The minimum Gasteiger partial charge on any atom is -0.376 e. The molecule has 2 aromatic carbocycles. The normalized spacial score (nSPS) is 11.5. The van der Waals surface area contributed by atoms with Gasteiger partial charge in [-0.25, -0.2) is 0 Å². The van der Waals surface area contributed by atoms with Crippen LogP contribution in [0.2, 0.25) is 0 Å². The van der Waals surface area contributed by atoms with Crippen molar-refractivity contribution in [2.45, 2.75) is 33.1 Å². The first kappa shape index (κ1) is 19.5. The summed E-state index contributed by atoms with van der Waals surface area (Å²) < 4.78 is 0. The average molecular weight is 353 g/mol. The van der Waals surface area contributed by atoms with E-state index >= 15 is 0 Å². The number of nitrogens with one attached hydrogen (secondary N) is 3. The van der Waals surface area contributed by atoms with E-state index in [-0.39, 0.29) is 24.3 Å². The molecule has 0 saturated carbocycles. The van der Waals surface area contributed by atoms with E-state index in [0.29, 0.717) is 6.42 Å². The Hall–Kier alpha value is -2.82. The zero-order valence-electron chi connectivity index (χ0n) is 15.4. The van der Waals surface area contributed by atoms with Gasteiger partial charge in [-0.05, 0) is 43.4 Å². The van der Waals surface area contributed by atoms with Gasteiger partial charge in [0.2, 0.25) is 5.91 Å². The van der Waals surface area contributed by atoms with Crippen LogP contribution in [-0.2, 0) is 16.0 Å². The zero-order valence-corrected chi connectivity index (χ0v) is 15.4. The van der Waals surface area contributed by atoms with Crippen LogP contribution in [0, 0.1) is 12.8 Å². The number of carbonyl (C=O) groups excluding carboxylic acids is 2. The predicted molar refractivity (Wildman–Crippen MR) is 104 cm³/mol. The summed E-state index contributed by atoms with van der Waals surface area (Å²) in [6, 6.07) is 18.0. The van der Waals surface area contributed by atoms with Crippen molar-refractivity contribution in [3.05, 3.63) is 65.7 Å². The molecule has 1 atom stereocenters. The Balaban J connectivity index is 1.61. The van der Waals surface area contributed by atoms with Gasteiger partial charge in [-0.15, -0.1) is 0 Å². The molecule has 0 fully saturated rings. The molecule has 138 valence electrons. The minimum absolute atomic E-state index is 0.104. The van der Waals surface area contributed by atoms with E-state index < -0.39 is 0 Å². The molecule has 26 heavy (non-hydrogen) atoms.